The van der Waals surface area contributed by atoms with E-state index < -0.39 is 0 Å². The number of ketones is 1. The van der Waals surface area contributed by atoms with Gasteiger partial charge in [-0.25, -0.2) is 4.99 Å². The Morgan fingerprint density at radius 2 is 1.93 bits per heavy atom. The summed E-state index contributed by atoms with van der Waals surface area (Å²) in [4.78, 5) is 25.6. The first-order chi connectivity index (χ1) is 7.02. The molecule has 0 amide bonds. The van der Waals surface area contributed by atoms with Crippen molar-refractivity contribution >= 4 is 49.9 Å². The highest BCUT2D eigenvalue weighted by Gasteiger charge is 2.04. The van der Waals surface area contributed by atoms with Gasteiger partial charge in [0.25, 0.3) is 0 Å². The minimum atomic E-state index is -0.318. The van der Waals surface area contributed by atoms with Gasteiger partial charge in [0.15, 0.2) is 5.78 Å². The van der Waals surface area contributed by atoms with Crippen molar-refractivity contribution in [3.63, 3.8) is 0 Å². The van der Waals surface area contributed by atoms with E-state index in [4.69, 9.17) is 0 Å². The minimum absolute atomic E-state index is 0.0468. The fourth-order valence-corrected chi connectivity index (χ4v) is 0.899. The lowest BCUT2D eigenvalue weighted by atomic mass is 10.4. The van der Waals surface area contributed by atoms with Gasteiger partial charge < -0.3 is 0 Å². The van der Waals surface area contributed by atoms with Crippen LogP contribution in [0.3, 0.4) is 0 Å². The van der Waals surface area contributed by atoms with Crippen LogP contribution in [0.15, 0.2) is 27.9 Å². The third kappa shape index (κ3) is 5.31. The molecule has 0 heterocycles. The summed E-state index contributed by atoms with van der Waals surface area (Å²) >= 11 is 1.56. The predicted molar refractivity (Wildman–Crippen MR) is 68.9 cm³/mol. The number of hydrogen-bond donors (Lipinski definition) is 0. The predicted octanol–water partition coefficient (Wildman–Crippen LogP) is 1.57. The Bertz CT molecular complexity index is 370. The van der Waals surface area contributed by atoms with Crippen molar-refractivity contribution in [3.05, 3.63) is 12.7 Å². The summed E-state index contributed by atoms with van der Waals surface area (Å²) in [6.07, 6.45) is 2.70. The van der Waals surface area contributed by atoms with E-state index in [9.17, 15) is 9.59 Å². The Labute approximate surface area is 101 Å². The summed E-state index contributed by atoms with van der Waals surface area (Å²) in [6, 6.07) is 0. The van der Waals surface area contributed by atoms with E-state index >= 15 is 0 Å². The van der Waals surface area contributed by atoms with Crippen LogP contribution >= 0.6 is 22.6 Å². The highest BCUT2D eigenvalue weighted by Crippen LogP contribution is 1.94. The maximum absolute atomic E-state index is 11.0. The van der Waals surface area contributed by atoms with Gasteiger partial charge in [-0.05, 0) is 13.0 Å². The SMILES string of the molecule is C=C\C(=N/N=C(\N=C\C)C(C)=O)C(=O)I. The molecule has 0 fully saturated rings. The normalized spacial score (nSPS) is 13.0. The summed E-state index contributed by atoms with van der Waals surface area (Å²) in [7, 11) is 0. The van der Waals surface area contributed by atoms with Crippen LogP contribution in [0.5, 0.6) is 0 Å². The summed E-state index contributed by atoms with van der Waals surface area (Å²) in [5.41, 5.74) is 0.0839. The van der Waals surface area contributed by atoms with E-state index in [0.29, 0.717) is 0 Å². The van der Waals surface area contributed by atoms with Crippen molar-refractivity contribution in [2.75, 3.05) is 0 Å². The Morgan fingerprint density at radius 1 is 1.33 bits per heavy atom. The number of aliphatic imine (C=N–C) groups is 1. The lowest BCUT2D eigenvalue weighted by molar-refractivity contribution is -0.111. The molecule has 0 spiro atoms. The Morgan fingerprint density at radius 3 is 2.27 bits per heavy atom. The lowest BCUT2D eigenvalue weighted by Gasteiger charge is -1.92. The molecule has 5 nitrogen and oxygen atoms in total. The second-order valence-corrected chi connectivity index (χ2v) is 3.31. The van der Waals surface area contributed by atoms with Gasteiger partial charge in [0.05, 0.1) is 0 Å². The summed E-state index contributed by atoms with van der Waals surface area (Å²) < 4.78 is -0.297. The van der Waals surface area contributed by atoms with Crippen LogP contribution in [-0.2, 0) is 9.59 Å². The van der Waals surface area contributed by atoms with Crippen LogP contribution in [-0.4, -0.2) is 27.3 Å². The maximum atomic E-state index is 11.0. The zero-order valence-electron chi connectivity index (χ0n) is 8.40. The number of rotatable bonds is 4. The van der Waals surface area contributed by atoms with E-state index in [1.807, 2.05) is 0 Å². The number of carbonyl (C=O) groups excluding carboxylic acids is 2. The van der Waals surface area contributed by atoms with Gasteiger partial charge in [-0.2, -0.15) is 0 Å². The van der Waals surface area contributed by atoms with Crippen molar-refractivity contribution in [2.45, 2.75) is 13.8 Å². The quantitative estimate of drug-likeness (QED) is 0.259. The van der Waals surface area contributed by atoms with Crippen molar-refractivity contribution in [2.24, 2.45) is 15.2 Å². The fourth-order valence-electron chi connectivity index (χ4n) is 0.571. The molecule has 0 saturated heterocycles. The zero-order valence-corrected chi connectivity index (χ0v) is 10.6. The fraction of sp³-hybridized carbons (Fsp3) is 0.222. The number of allylic oxidation sites excluding steroid dienone is 1. The molecule has 0 aliphatic rings. The van der Waals surface area contributed by atoms with Crippen LogP contribution < -0.4 is 0 Å². The molecule has 0 bridgehead atoms. The third-order valence-corrected chi connectivity index (χ3v) is 1.77. The first kappa shape index (κ1) is 13.8. The second kappa shape index (κ2) is 7.16. The summed E-state index contributed by atoms with van der Waals surface area (Å²) in [6.45, 7) is 6.38. The van der Waals surface area contributed by atoms with E-state index in [1.54, 1.807) is 29.5 Å². The molecule has 80 valence electrons. The highest BCUT2D eigenvalue weighted by atomic mass is 127. The third-order valence-electron chi connectivity index (χ3n) is 1.21. The molecule has 15 heavy (non-hydrogen) atoms. The molecular weight excluding hydrogens is 309 g/mol. The number of Topliss-reactive ketones (excluding diaryl/α,β-unsaturated/α-hetero) is 1. The van der Waals surface area contributed by atoms with E-state index in [2.05, 4.69) is 21.8 Å². The molecule has 0 aliphatic carbocycles. The van der Waals surface area contributed by atoms with E-state index in [1.165, 1.54) is 19.2 Å². The molecule has 0 unspecified atom stereocenters. The molecule has 0 radical (unpaired) electrons. The molecule has 0 aromatic rings. The zero-order chi connectivity index (χ0) is 11.8. The van der Waals surface area contributed by atoms with Crippen molar-refractivity contribution in [3.8, 4) is 0 Å². The van der Waals surface area contributed by atoms with E-state index in [-0.39, 0.29) is 21.1 Å². The van der Waals surface area contributed by atoms with Gasteiger partial charge in [0.1, 0.15) is 5.71 Å². The number of hydrogen-bond acceptors (Lipinski definition) is 4. The van der Waals surface area contributed by atoms with Crippen LogP contribution in [0.1, 0.15) is 13.8 Å². The first-order valence-electron chi connectivity index (χ1n) is 4.00. The molecule has 0 rings (SSSR count). The lowest BCUT2D eigenvalue weighted by Crippen LogP contribution is -2.08. The minimum Gasteiger partial charge on any atom is -0.291 e. The molecule has 0 aliphatic heterocycles. The van der Waals surface area contributed by atoms with Crippen LogP contribution in [0.4, 0.5) is 0 Å². The first-order valence-corrected chi connectivity index (χ1v) is 5.08. The van der Waals surface area contributed by atoms with Gasteiger partial charge in [-0.1, -0.05) is 6.58 Å². The van der Waals surface area contributed by atoms with Crippen molar-refractivity contribution in [1.29, 1.82) is 0 Å². The monoisotopic (exact) mass is 319 g/mol. The number of halogens is 1. The molecule has 0 aromatic heterocycles. The Kier molecular flexibility index (Phi) is 6.59. The molecular formula is C9H10IN3O2. The van der Waals surface area contributed by atoms with Gasteiger partial charge in [-0.3, -0.25) is 9.59 Å². The van der Waals surface area contributed by atoms with Crippen molar-refractivity contribution in [1.82, 2.24) is 0 Å². The maximum Gasteiger partial charge on any atom is 0.242 e. The highest BCUT2D eigenvalue weighted by molar-refractivity contribution is 14.1. The van der Waals surface area contributed by atoms with Gasteiger partial charge in [-0.15, -0.1) is 10.2 Å². The van der Waals surface area contributed by atoms with Crippen LogP contribution in [0.2, 0.25) is 0 Å². The standard InChI is InChI=1S/C9H10IN3O2/c1-4-7(8(10)15)12-13-9(6(3)14)11-5-2/h4-5H,1H2,2-3H3/b11-5+,12-7+,13-9-. The molecule has 0 N–H and O–H groups in total. The van der Waals surface area contributed by atoms with Gasteiger partial charge >= 0.3 is 0 Å². The molecule has 0 saturated carbocycles. The number of carbonyl (C=O) groups is 2. The number of nitrogens with zero attached hydrogens (tertiary/aromatic N) is 3. The van der Waals surface area contributed by atoms with Crippen molar-refractivity contribution < 1.29 is 9.59 Å². The van der Waals surface area contributed by atoms with Crippen LogP contribution in [0, 0.1) is 0 Å². The second-order valence-electron chi connectivity index (χ2n) is 2.33. The average molecular weight is 319 g/mol. The largest absolute Gasteiger partial charge is 0.291 e. The summed E-state index contributed by atoms with van der Waals surface area (Å²) in [5.74, 6) is -0.365. The molecule has 6 heteroatoms. The Hall–Kier alpha value is -1.18. The molecule has 0 aromatic carbocycles. The van der Waals surface area contributed by atoms with Gasteiger partial charge in [0.2, 0.25) is 9.63 Å². The average Bonchev–Trinajstić information content (AvgIpc) is 2.16. The Balaban J connectivity index is 5.07. The van der Waals surface area contributed by atoms with Gasteiger partial charge in [0, 0.05) is 35.7 Å². The van der Waals surface area contributed by atoms with Crippen LogP contribution in [0.25, 0.3) is 0 Å². The summed E-state index contributed by atoms with van der Waals surface area (Å²) in [5, 5.41) is 7.14. The number of amidine groups is 1. The molecule has 0 atom stereocenters. The van der Waals surface area contributed by atoms with E-state index in [0.717, 1.165) is 0 Å². The smallest absolute Gasteiger partial charge is 0.242 e. The topological polar surface area (TPSA) is 71.2 Å².